The molecule has 31 heavy (non-hydrogen) atoms. The summed E-state index contributed by atoms with van der Waals surface area (Å²) in [5.41, 5.74) is 3.07. The number of aromatic nitrogens is 2. The lowest BCUT2D eigenvalue weighted by atomic mass is 10.1. The zero-order valence-electron chi connectivity index (χ0n) is 17.2. The van der Waals surface area contributed by atoms with Crippen LogP contribution in [0.25, 0.3) is 11.3 Å². The van der Waals surface area contributed by atoms with Crippen LogP contribution < -0.4 is 10.1 Å². The van der Waals surface area contributed by atoms with Gasteiger partial charge in [0.05, 0.1) is 17.2 Å². The van der Waals surface area contributed by atoms with E-state index < -0.39 is 0 Å². The monoisotopic (exact) mass is 417 g/mol. The number of hydrogen-bond donors (Lipinski definition) is 1. The summed E-state index contributed by atoms with van der Waals surface area (Å²) in [6.07, 6.45) is 6.62. The third-order valence-corrected chi connectivity index (χ3v) is 4.82. The number of ether oxygens (including phenoxy) is 1. The molecule has 6 bridgehead atoms. The minimum atomic E-state index is -0.386. The highest BCUT2D eigenvalue weighted by atomic mass is 16.6. The standard InChI is InChI=1S/C23H23N5O3/c1-27-10-3-2-4-11-31-21-7-5-6-18(14-21)22-8-9-24-23(26-22)25-19-12-17(16-27)13-20(15-19)28(29)30/h2-3,5-9,12-15H,4,10-11,16H2,1H3,(H,24,25,26)/b3-2+. The fourth-order valence-corrected chi connectivity index (χ4v) is 3.39. The van der Waals surface area contributed by atoms with Crippen LogP contribution in [0.3, 0.4) is 0 Å². The quantitative estimate of drug-likeness (QED) is 0.352. The zero-order valence-corrected chi connectivity index (χ0v) is 17.2. The molecule has 0 saturated heterocycles. The Morgan fingerprint density at radius 3 is 2.94 bits per heavy atom. The Bertz CT molecular complexity index is 1120. The highest BCUT2D eigenvalue weighted by Gasteiger charge is 2.13. The van der Waals surface area contributed by atoms with Gasteiger partial charge in [-0.05, 0) is 43.3 Å². The number of nitro groups is 1. The van der Waals surface area contributed by atoms with Crippen LogP contribution in [0, 0.1) is 10.1 Å². The van der Waals surface area contributed by atoms with Crippen LogP contribution in [-0.4, -0.2) is 40.0 Å². The molecule has 4 rings (SSSR count). The van der Waals surface area contributed by atoms with Gasteiger partial charge in [0.15, 0.2) is 0 Å². The largest absolute Gasteiger partial charge is 0.493 e. The molecule has 0 fully saturated rings. The van der Waals surface area contributed by atoms with E-state index in [2.05, 4.69) is 32.3 Å². The highest BCUT2D eigenvalue weighted by Crippen LogP contribution is 2.26. The third-order valence-electron chi connectivity index (χ3n) is 4.82. The Morgan fingerprint density at radius 1 is 1.16 bits per heavy atom. The van der Waals surface area contributed by atoms with Crippen molar-refractivity contribution in [2.24, 2.45) is 0 Å². The molecule has 3 aromatic rings. The first-order valence-corrected chi connectivity index (χ1v) is 10.0. The lowest BCUT2D eigenvalue weighted by Gasteiger charge is -2.16. The number of rotatable bonds is 1. The predicted molar refractivity (Wildman–Crippen MR) is 119 cm³/mol. The molecule has 0 unspecified atom stereocenters. The molecule has 0 aliphatic carbocycles. The number of benzene rings is 2. The molecule has 2 heterocycles. The first kappa shape index (κ1) is 20.5. The van der Waals surface area contributed by atoms with Gasteiger partial charge < -0.3 is 10.1 Å². The molecule has 0 spiro atoms. The van der Waals surface area contributed by atoms with Gasteiger partial charge in [0.25, 0.3) is 5.69 Å². The van der Waals surface area contributed by atoms with E-state index >= 15 is 0 Å². The molecular formula is C23H23N5O3. The normalized spacial score (nSPS) is 15.6. The summed E-state index contributed by atoms with van der Waals surface area (Å²) in [6.45, 7) is 1.88. The Balaban J connectivity index is 1.73. The van der Waals surface area contributed by atoms with Crippen LogP contribution >= 0.6 is 0 Å². The van der Waals surface area contributed by atoms with Gasteiger partial charge in [0.2, 0.25) is 5.95 Å². The SMILES string of the molecule is CN1C/C=C/CCOc2cccc(c2)-c2ccnc(n2)Nc2cc(cc([N+](=O)[O-])c2)C1. The first-order chi connectivity index (χ1) is 15.1. The van der Waals surface area contributed by atoms with Crippen molar-refractivity contribution >= 4 is 17.3 Å². The van der Waals surface area contributed by atoms with Crippen LogP contribution in [-0.2, 0) is 6.54 Å². The minimum Gasteiger partial charge on any atom is -0.493 e. The summed E-state index contributed by atoms with van der Waals surface area (Å²) in [6, 6.07) is 14.5. The van der Waals surface area contributed by atoms with Crippen molar-refractivity contribution in [3.8, 4) is 17.0 Å². The van der Waals surface area contributed by atoms with Gasteiger partial charge in [-0.15, -0.1) is 0 Å². The van der Waals surface area contributed by atoms with Crippen LogP contribution in [0.15, 0.2) is 66.9 Å². The molecule has 0 atom stereocenters. The lowest BCUT2D eigenvalue weighted by molar-refractivity contribution is -0.384. The second kappa shape index (κ2) is 9.36. The minimum absolute atomic E-state index is 0.0272. The summed E-state index contributed by atoms with van der Waals surface area (Å²) in [7, 11) is 1.98. The van der Waals surface area contributed by atoms with Gasteiger partial charge in [-0.2, -0.15) is 0 Å². The molecule has 1 aromatic heterocycles. The van der Waals surface area contributed by atoms with Gasteiger partial charge in [-0.1, -0.05) is 24.3 Å². The Labute approximate surface area is 180 Å². The molecule has 1 aliphatic heterocycles. The topological polar surface area (TPSA) is 93.4 Å². The van der Waals surface area contributed by atoms with E-state index in [9.17, 15) is 10.1 Å². The Morgan fingerprint density at radius 2 is 2.06 bits per heavy atom. The molecule has 0 saturated carbocycles. The van der Waals surface area contributed by atoms with E-state index in [4.69, 9.17) is 4.74 Å². The van der Waals surface area contributed by atoms with Crippen molar-refractivity contribution in [1.29, 1.82) is 0 Å². The van der Waals surface area contributed by atoms with E-state index in [-0.39, 0.29) is 10.6 Å². The van der Waals surface area contributed by atoms with E-state index in [1.165, 1.54) is 6.07 Å². The van der Waals surface area contributed by atoms with Gasteiger partial charge in [-0.3, -0.25) is 15.0 Å². The summed E-state index contributed by atoms with van der Waals surface area (Å²) in [5.74, 6) is 1.15. The summed E-state index contributed by atoms with van der Waals surface area (Å²) in [4.78, 5) is 22.0. The number of nitrogens with one attached hydrogen (secondary N) is 1. The van der Waals surface area contributed by atoms with Crippen molar-refractivity contribution in [3.63, 3.8) is 0 Å². The number of anilines is 2. The maximum absolute atomic E-state index is 11.4. The average Bonchev–Trinajstić information content (AvgIpc) is 2.76. The molecule has 1 aliphatic rings. The zero-order chi connectivity index (χ0) is 21.6. The summed E-state index contributed by atoms with van der Waals surface area (Å²) in [5, 5.41) is 14.6. The van der Waals surface area contributed by atoms with E-state index in [1.54, 1.807) is 12.3 Å². The first-order valence-electron chi connectivity index (χ1n) is 10.0. The Hall–Kier alpha value is -3.78. The molecule has 0 radical (unpaired) electrons. The van der Waals surface area contributed by atoms with Crippen molar-refractivity contribution in [1.82, 2.24) is 14.9 Å². The maximum Gasteiger partial charge on any atom is 0.271 e. The Kier molecular flexibility index (Phi) is 6.18. The highest BCUT2D eigenvalue weighted by molar-refractivity contribution is 5.64. The van der Waals surface area contributed by atoms with Crippen LogP contribution in [0.2, 0.25) is 0 Å². The van der Waals surface area contributed by atoms with E-state index in [0.717, 1.165) is 35.5 Å². The molecular weight excluding hydrogens is 394 g/mol. The fourth-order valence-electron chi connectivity index (χ4n) is 3.39. The van der Waals surface area contributed by atoms with Gasteiger partial charge in [0.1, 0.15) is 5.75 Å². The molecule has 0 amide bonds. The van der Waals surface area contributed by atoms with Crippen molar-refractivity contribution in [2.45, 2.75) is 13.0 Å². The molecule has 1 N–H and O–H groups in total. The average molecular weight is 417 g/mol. The smallest absolute Gasteiger partial charge is 0.271 e. The second-order valence-corrected chi connectivity index (χ2v) is 7.37. The summed E-state index contributed by atoms with van der Waals surface area (Å²) >= 11 is 0. The van der Waals surface area contributed by atoms with Gasteiger partial charge in [0, 0.05) is 42.7 Å². The predicted octanol–water partition coefficient (Wildman–Crippen LogP) is 4.57. The van der Waals surface area contributed by atoms with Crippen LogP contribution in [0.5, 0.6) is 5.75 Å². The maximum atomic E-state index is 11.4. The molecule has 8 nitrogen and oxygen atoms in total. The lowest BCUT2D eigenvalue weighted by Crippen LogP contribution is -2.18. The fraction of sp³-hybridized carbons (Fsp3) is 0.217. The van der Waals surface area contributed by atoms with Crippen LogP contribution in [0.4, 0.5) is 17.3 Å². The number of nitro benzene ring substituents is 1. The molecule has 158 valence electrons. The third kappa shape index (κ3) is 5.43. The molecule has 8 heteroatoms. The van der Waals surface area contributed by atoms with Crippen molar-refractivity contribution in [2.75, 3.05) is 25.5 Å². The second-order valence-electron chi connectivity index (χ2n) is 7.37. The number of nitrogens with zero attached hydrogens (tertiary/aromatic N) is 4. The van der Waals surface area contributed by atoms with Gasteiger partial charge >= 0.3 is 0 Å². The van der Waals surface area contributed by atoms with Crippen molar-refractivity contribution < 1.29 is 9.66 Å². The van der Waals surface area contributed by atoms with Gasteiger partial charge in [-0.25, -0.2) is 9.97 Å². The van der Waals surface area contributed by atoms with Crippen molar-refractivity contribution in [3.05, 3.63) is 82.6 Å². The molecule has 2 aromatic carbocycles. The summed E-state index contributed by atoms with van der Waals surface area (Å²) < 4.78 is 5.87. The number of non-ortho nitro benzene ring substituents is 1. The van der Waals surface area contributed by atoms with E-state index in [1.807, 2.05) is 43.4 Å². The van der Waals surface area contributed by atoms with Crippen LogP contribution in [0.1, 0.15) is 12.0 Å². The number of likely N-dealkylation sites (N-methyl/N-ethyl adjacent to an activating group) is 1. The van der Waals surface area contributed by atoms with E-state index in [0.29, 0.717) is 24.8 Å². The number of fused-ring (bicyclic) bond motifs is 7. The number of hydrogen-bond acceptors (Lipinski definition) is 7.